The number of hydrogen-bond donors (Lipinski definition) is 2. The minimum atomic E-state index is -0.788. The molecule has 0 radical (unpaired) electrons. The van der Waals surface area contributed by atoms with Gasteiger partial charge in [-0.2, -0.15) is 0 Å². The molecular formula is C29H45NO3. The molecule has 1 heterocycles. The van der Waals surface area contributed by atoms with Crippen molar-refractivity contribution in [2.45, 2.75) is 104 Å². The number of aliphatic hydroxyl groups excluding tert-OH is 1. The standard InChI is InChI=1S/C29H45NO3/c1-21(2)15-17-29(24-13-9-6-10-14-24)20-26(31)27(28(32)33-29)25(30-18-16-22(3)4)19-23-11-7-5-8-12-23/h6,9-10,13-14,21-23,25,30-31H,5,7-8,11-12,15-20H2,1-4H3. The number of cyclic esters (lactones) is 1. The smallest absolute Gasteiger partial charge is 0.339 e. The maximum atomic E-state index is 13.5. The molecule has 2 atom stereocenters. The van der Waals surface area contributed by atoms with E-state index >= 15 is 0 Å². The molecule has 2 aliphatic rings. The van der Waals surface area contributed by atoms with E-state index in [-0.39, 0.29) is 17.8 Å². The number of aliphatic hydroxyl groups is 1. The molecule has 2 unspecified atom stereocenters. The highest BCUT2D eigenvalue weighted by Crippen LogP contribution is 2.43. The number of rotatable bonds is 11. The molecule has 1 aliphatic heterocycles. The summed E-state index contributed by atoms with van der Waals surface area (Å²) in [7, 11) is 0. The Hall–Kier alpha value is -1.81. The van der Waals surface area contributed by atoms with Crippen molar-refractivity contribution in [3.8, 4) is 0 Å². The lowest BCUT2D eigenvalue weighted by Crippen LogP contribution is -2.45. The first-order valence-corrected chi connectivity index (χ1v) is 13.2. The van der Waals surface area contributed by atoms with Gasteiger partial charge in [-0.3, -0.25) is 0 Å². The average molecular weight is 456 g/mol. The van der Waals surface area contributed by atoms with E-state index in [1.165, 1.54) is 32.1 Å². The third-order valence-corrected chi connectivity index (χ3v) is 7.45. The van der Waals surface area contributed by atoms with Gasteiger partial charge < -0.3 is 15.2 Å². The topological polar surface area (TPSA) is 58.6 Å². The van der Waals surface area contributed by atoms with E-state index < -0.39 is 5.60 Å². The number of benzene rings is 1. The van der Waals surface area contributed by atoms with E-state index in [1.807, 2.05) is 30.3 Å². The second-order valence-electron chi connectivity index (χ2n) is 11.1. The SMILES string of the molecule is CC(C)CCNC(CC1CCCCC1)C1=C(O)CC(CCC(C)C)(c2ccccc2)OC1=O. The molecule has 1 aliphatic carbocycles. The van der Waals surface area contributed by atoms with Gasteiger partial charge in [0, 0.05) is 12.5 Å². The average Bonchev–Trinajstić information content (AvgIpc) is 2.78. The fraction of sp³-hybridized carbons (Fsp3) is 0.690. The van der Waals surface area contributed by atoms with Gasteiger partial charge in [-0.15, -0.1) is 0 Å². The van der Waals surface area contributed by atoms with Crippen LogP contribution >= 0.6 is 0 Å². The van der Waals surface area contributed by atoms with Crippen LogP contribution in [0.4, 0.5) is 0 Å². The number of carbonyl (C=O) groups excluding carboxylic acids is 1. The first-order chi connectivity index (χ1) is 15.8. The van der Waals surface area contributed by atoms with Crippen LogP contribution in [-0.2, 0) is 15.1 Å². The van der Waals surface area contributed by atoms with Gasteiger partial charge in [-0.05, 0) is 55.5 Å². The van der Waals surface area contributed by atoms with E-state index in [1.54, 1.807) is 0 Å². The predicted molar refractivity (Wildman–Crippen MR) is 135 cm³/mol. The van der Waals surface area contributed by atoms with Crippen LogP contribution in [0, 0.1) is 17.8 Å². The Bertz CT molecular complexity index is 779. The summed E-state index contributed by atoms with van der Waals surface area (Å²) in [5.41, 5.74) is 0.658. The van der Waals surface area contributed by atoms with Crippen molar-refractivity contribution in [1.29, 1.82) is 0 Å². The molecule has 1 fully saturated rings. The lowest BCUT2D eigenvalue weighted by atomic mass is 9.78. The lowest BCUT2D eigenvalue weighted by molar-refractivity contribution is -0.162. The van der Waals surface area contributed by atoms with E-state index in [0.29, 0.717) is 36.2 Å². The zero-order valence-electron chi connectivity index (χ0n) is 21.2. The van der Waals surface area contributed by atoms with Crippen LogP contribution in [0.1, 0.15) is 97.5 Å². The quantitative estimate of drug-likeness (QED) is 0.351. The molecule has 4 nitrogen and oxygen atoms in total. The highest BCUT2D eigenvalue weighted by Gasteiger charge is 2.45. The van der Waals surface area contributed by atoms with Crippen molar-refractivity contribution in [2.24, 2.45) is 17.8 Å². The first-order valence-electron chi connectivity index (χ1n) is 13.2. The Morgan fingerprint density at radius 2 is 1.70 bits per heavy atom. The number of ether oxygens (including phenoxy) is 1. The highest BCUT2D eigenvalue weighted by molar-refractivity contribution is 5.91. The Kier molecular flexibility index (Phi) is 9.43. The summed E-state index contributed by atoms with van der Waals surface area (Å²) < 4.78 is 6.29. The molecule has 2 N–H and O–H groups in total. The van der Waals surface area contributed by atoms with Gasteiger partial charge in [0.1, 0.15) is 11.4 Å². The minimum absolute atomic E-state index is 0.141. The molecular weight excluding hydrogens is 410 g/mol. The number of carbonyl (C=O) groups is 1. The molecule has 33 heavy (non-hydrogen) atoms. The summed E-state index contributed by atoms with van der Waals surface area (Å²) in [6.45, 7) is 9.64. The van der Waals surface area contributed by atoms with Crippen LogP contribution in [0.5, 0.6) is 0 Å². The summed E-state index contributed by atoms with van der Waals surface area (Å²) >= 11 is 0. The Morgan fingerprint density at radius 3 is 2.30 bits per heavy atom. The van der Waals surface area contributed by atoms with E-state index in [9.17, 15) is 9.90 Å². The summed E-state index contributed by atoms with van der Waals surface area (Å²) in [5, 5.41) is 15.0. The monoisotopic (exact) mass is 455 g/mol. The van der Waals surface area contributed by atoms with Crippen LogP contribution in [0.15, 0.2) is 41.7 Å². The number of nitrogens with one attached hydrogen (secondary N) is 1. The highest BCUT2D eigenvalue weighted by atomic mass is 16.6. The van der Waals surface area contributed by atoms with Gasteiger partial charge in [0.2, 0.25) is 0 Å². The molecule has 1 aromatic rings. The molecule has 0 spiro atoms. The predicted octanol–water partition coefficient (Wildman–Crippen LogP) is 7.05. The number of esters is 1. The van der Waals surface area contributed by atoms with E-state index in [2.05, 4.69) is 33.0 Å². The first kappa shape index (κ1) is 25.8. The second-order valence-corrected chi connectivity index (χ2v) is 11.1. The van der Waals surface area contributed by atoms with Crippen LogP contribution < -0.4 is 5.32 Å². The van der Waals surface area contributed by atoms with Crippen molar-refractivity contribution in [3.63, 3.8) is 0 Å². The number of hydrogen-bond acceptors (Lipinski definition) is 4. The molecule has 1 saturated carbocycles. The Morgan fingerprint density at radius 1 is 1.03 bits per heavy atom. The Balaban J connectivity index is 1.88. The van der Waals surface area contributed by atoms with Gasteiger partial charge in [-0.1, -0.05) is 90.1 Å². The molecule has 0 amide bonds. The molecule has 0 bridgehead atoms. The minimum Gasteiger partial charge on any atom is -0.512 e. The maximum absolute atomic E-state index is 13.5. The molecule has 1 aromatic carbocycles. The van der Waals surface area contributed by atoms with E-state index in [0.717, 1.165) is 31.4 Å². The van der Waals surface area contributed by atoms with Crippen molar-refractivity contribution in [2.75, 3.05) is 6.54 Å². The third-order valence-electron chi connectivity index (χ3n) is 7.45. The lowest BCUT2D eigenvalue weighted by Gasteiger charge is -2.40. The van der Waals surface area contributed by atoms with E-state index in [4.69, 9.17) is 4.74 Å². The second kappa shape index (κ2) is 12.1. The molecule has 184 valence electrons. The van der Waals surface area contributed by atoms with Gasteiger partial charge in [-0.25, -0.2) is 4.79 Å². The fourth-order valence-corrected chi connectivity index (χ4v) is 5.41. The van der Waals surface area contributed by atoms with Crippen LogP contribution in [0.25, 0.3) is 0 Å². The van der Waals surface area contributed by atoms with Crippen molar-refractivity contribution in [3.05, 3.63) is 47.2 Å². The van der Waals surface area contributed by atoms with Crippen LogP contribution in [0.3, 0.4) is 0 Å². The molecule has 4 heteroatoms. The van der Waals surface area contributed by atoms with Crippen molar-refractivity contribution >= 4 is 5.97 Å². The normalized spacial score (nSPS) is 23.3. The van der Waals surface area contributed by atoms with Crippen LogP contribution in [-0.4, -0.2) is 23.7 Å². The van der Waals surface area contributed by atoms with Crippen molar-refractivity contribution < 1.29 is 14.6 Å². The molecule has 3 rings (SSSR count). The zero-order chi connectivity index (χ0) is 23.8. The zero-order valence-corrected chi connectivity index (χ0v) is 21.2. The maximum Gasteiger partial charge on any atom is 0.339 e. The molecule has 0 aromatic heterocycles. The fourth-order valence-electron chi connectivity index (χ4n) is 5.41. The largest absolute Gasteiger partial charge is 0.512 e. The van der Waals surface area contributed by atoms with Gasteiger partial charge in [0.15, 0.2) is 0 Å². The van der Waals surface area contributed by atoms with Crippen molar-refractivity contribution in [1.82, 2.24) is 5.32 Å². The van der Waals surface area contributed by atoms with Gasteiger partial charge in [0.25, 0.3) is 0 Å². The summed E-state index contributed by atoms with van der Waals surface area (Å²) in [5.74, 6) is 1.56. The van der Waals surface area contributed by atoms with Crippen LogP contribution in [0.2, 0.25) is 0 Å². The van der Waals surface area contributed by atoms with Gasteiger partial charge in [0.05, 0.1) is 5.57 Å². The summed E-state index contributed by atoms with van der Waals surface area (Å²) in [6.07, 6.45) is 10.2. The molecule has 0 saturated heterocycles. The summed E-state index contributed by atoms with van der Waals surface area (Å²) in [4.78, 5) is 13.5. The summed E-state index contributed by atoms with van der Waals surface area (Å²) in [6, 6.07) is 9.84. The Labute approximate surface area is 201 Å². The third kappa shape index (κ3) is 7.09. The van der Waals surface area contributed by atoms with Gasteiger partial charge >= 0.3 is 5.97 Å².